The van der Waals surface area contributed by atoms with E-state index in [9.17, 15) is 19.2 Å². The normalized spacial score (nSPS) is 11.7. The Morgan fingerprint density at radius 2 is 0.720 bits per heavy atom. The van der Waals surface area contributed by atoms with Crippen molar-refractivity contribution in [1.29, 1.82) is 0 Å². The summed E-state index contributed by atoms with van der Waals surface area (Å²) in [5.41, 5.74) is 3.83. The number of benzene rings is 5. The molecule has 0 heterocycles. The van der Waals surface area contributed by atoms with Gasteiger partial charge < -0.3 is 30.7 Å². The molecule has 5 rings (SSSR count). The highest BCUT2D eigenvalue weighted by molar-refractivity contribution is 6.00. The van der Waals surface area contributed by atoms with Gasteiger partial charge in [0.15, 0.2) is 0 Å². The molecule has 4 amide bonds. The largest absolute Gasteiger partial charge is 0.459 e. The minimum absolute atomic E-state index is 0.0567. The van der Waals surface area contributed by atoms with Gasteiger partial charge in [-0.2, -0.15) is 0 Å². The Morgan fingerprint density at radius 3 is 1.06 bits per heavy atom. The minimum atomic E-state index is -0.995. The Labute approximate surface area is 290 Å². The van der Waals surface area contributed by atoms with Gasteiger partial charge in [0.05, 0.1) is 11.4 Å². The Morgan fingerprint density at radius 1 is 0.420 bits per heavy atom. The van der Waals surface area contributed by atoms with Crippen molar-refractivity contribution in [3.05, 3.63) is 168 Å². The molecule has 10 heteroatoms. The van der Waals surface area contributed by atoms with Gasteiger partial charge in [-0.15, -0.1) is 0 Å². The molecule has 0 bridgehead atoms. The first-order valence-corrected chi connectivity index (χ1v) is 16.2. The average Bonchev–Trinajstić information content (AvgIpc) is 3.15. The van der Waals surface area contributed by atoms with Gasteiger partial charge in [0.1, 0.15) is 25.3 Å². The number of anilines is 2. The van der Waals surface area contributed by atoms with Crippen LogP contribution in [-0.2, 0) is 45.1 Å². The number of urea groups is 2. The molecule has 10 nitrogen and oxygen atoms in total. The van der Waals surface area contributed by atoms with Gasteiger partial charge in [-0.25, -0.2) is 19.2 Å². The van der Waals surface area contributed by atoms with Crippen molar-refractivity contribution in [1.82, 2.24) is 10.6 Å². The molecule has 0 aliphatic carbocycles. The Kier molecular flexibility index (Phi) is 12.7. The summed E-state index contributed by atoms with van der Waals surface area (Å²) in [5, 5.41) is 10.9. The van der Waals surface area contributed by atoms with Crippen LogP contribution in [0.3, 0.4) is 0 Å². The number of nitrogens with one attached hydrogen (secondary N) is 4. The molecule has 2 atom stereocenters. The zero-order chi connectivity index (χ0) is 35.0. The lowest BCUT2D eigenvalue weighted by molar-refractivity contribution is -0.148. The molecular weight excluding hydrogens is 632 g/mol. The molecule has 254 valence electrons. The summed E-state index contributed by atoms with van der Waals surface area (Å²) in [4.78, 5) is 52.9. The molecule has 4 N–H and O–H groups in total. The number of hydrogen-bond acceptors (Lipinski definition) is 6. The molecule has 0 saturated carbocycles. The summed E-state index contributed by atoms with van der Waals surface area (Å²) < 4.78 is 11.1. The van der Waals surface area contributed by atoms with Gasteiger partial charge in [-0.05, 0) is 34.4 Å². The van der Waals surface area contributed by atoms with Crippen LogP contribution in [0.4, 0.5) is 21.0 Å². The number of amides is 4. The molecule has 50 heavy (non-hydrogen) atoms. The molecule has 0 spiro atoms. The van der Waals surface area contributed by atoms with E-state index in [-0.39, 0.29) is 37.4 Å². The maximum absolute atomic E-state index is 13.3. The Balaban J connectivity index is 1.23. The van der Waals surface area contributed by atoms with Crippen molar-refractivity contribution < 1.29 is 28.7 Å². The third-order valence-corrected chi connectivity index (χ3v) is 7.62. The lowest BCUT2D eigenvalue weighted by Crippen LogP contribution is -2.46. The molecule has 0 aliphatic heterocycles. The first kappa shape index (κ1) is 34.9. The molecule has 0 fully saturated rings. The monoisotopic (exact) mass is 670 g/mol. The van der Waals surface area contributed by atoms with Crippen LogP contribution >= 0.6 is 0 Å². The maximum Gasteiger partial charge on any atom is 0.329 e. The predicted molar refractivity (Wildman–Crippen MR) is 191 cm³/mol. The molecule has 5 aromatic rings. The third-order valence-electron chi connectivity index (χ3n) is 7.62. The summed E-state index contributed by atoms with van der Waals surface area (Å²) in [6.07, 6.45) is 0.403. The van der Waals surface area contributed by atoms with Crippen LogP contribution in [0.15, 0.2) is 146 Å². The van der Waals surface area contributed by atoms with Crippen LogP contribution in [-0.4, -0.2) is 36.1 Å². The standard InChI is InChI=1S/C40H38N4O6/c45-37(49-27-31-19-9-3-10-20-31)35(25-29-15-5-1-6-16-29)43-39(47)41-33-23-13-14-24-34(33)42-40(48)44-36(26-30-17-7-2-8-18-30)38(46)50-28-32-21-11-4-12-22-32/h1-24,35-36H,25-28H2,(H2,41,43,47)(H2,42,44,48)/t35-,36-/m0/s1. The van der Waals surface area contributed by atoms with Crippen molar-refractivity contribution in [3.63, 3.8) is 0 Å². The number of carbonyl (C=O) groups is 4. The van der Waals surface area contributed by atoms with E-state index in [1.165, 1.54) is 0 Å². The SMILES string of the molecule is O=C(Nc1ccccc1NC(=O)N[C@@H](Cc1ccccc1)C(=O)OCc1ccccc1)N[C@@H](Cc1ccccc1)C(=O)OCc1ccccc1. The first-order valence-electron chi connectivity index (χ1n) is 16.2. The smallest absolute Gasteiger partial charge is 0.329 e. The highest BCUT2D eigenvalue weighted by Gasteiger charge is 2.25. The van der Waals surface area contributed by atoms with E-state index in [2.05, 4.69) is 21.3 Å². The van der Waals surface area contributed by atoms with Crippen molar-refractivity contribution in [3.8, 4) is 0 Å². The summed E-state index contributed by atoms with van der Waals surface area (Å²) >= 11 is 0. The van der Waals surface area contributed by atoms with E-state index >= 15 is 0 Å². The second-order valence-corrected chi connectivity index (χ2v) is 11.4. The topological polar surface area (TPSA) is 135 Å². The van der Waals surface area contributed by atoms with Crippen molar-refractivity contribution in [2.75, 3.05) is 10.6 Å². The van der Waals surface area contributed by atoms with Crippen LogP contribution in [0.1, 0.15) is 22.3 Å². The highest BCUT2D eigenvalue weighted by Crippen LogP contribution is 2.21. The quantitative estimate of drug-likeness (QED) is 0.0979. The van der Waals surface area contributed by atoms with E-state index in [1.54, 1.807) is 24.3 Å². The predicted octanol–water partition coefficient (Wildman–Crippen LogP) is 6.64. The van der Waals surface area contributed by atoms with E-state index in [1.807, 2.05) is 121 Å². The Hall–Kier alpha value is -6.42. The molecule has 0 aromatic heterocycles. The van der Waals surface area contributed by atoms with Crippen molar-refractivity contribution >= 4 is 35.4 Å². The third kappa shape index (κ3) is 11.1. The molecular formula is C40H38N4O6. The number of hydrogen-bond donors (Lipinski definition) is 4. The van der Waals surface area contributed by atoms with Gasteiger partial charge in [-0.3, -0.25) is 0 Å². The average molecular weight is 671 g/mol. The molecule has 0 unspecified atom stereocenters. The summed E-state index contributed by atoms with van der Waals surface area (Å²) in [6, 6.07) is 40.3. The number of para-hydroxylation sites is 2. The lowest BCUT2D eigenvalue weighted by atomic mass is 10.1. The van der Waals surface area contributed by atoms with Gasteiger partial charge in [0.25, 0.3) is 0 Å². The molecule has 0 aliphatic rings. The van der Waals surface area contributed by atoms with Crippen LogP contribution < -0.4 is 21.3 Å². The second kappa shape index (κ2) is 18.2. The highest BCUT2D eigenvalue weighted by atomic mass is 16.5. The fourth-order valence-electron chi connectivity index (χ4n) is 5.08. The number of rotatable bonds is 14. The summed E-state index contributed by atoms with van der Waals surface area (Å²) in [5.74, 6) is -1.19. The summed E-state index contributed by atoms with van der Waals surface area (Å²) in [7, 11) is 0. The second-order valence-electron chi connectivity index (χ2n) is 11.4. The maximum atomic E-state index is 13.3. The zero-order valence-electron chi connectivity index (χ0n) is 27.3. The number of carbonyl (C=O) groups excluding carboxylic acids is 4. The van der Waals surface area contributed by atoms with Gasteiger partial charge in [0, 0.05) is 12.8 Å². The lowest BCUT2D eigenvalue weighted by Gasteiger charge is -2.20. The van der Waals surface area contributed by atoms with E-state index in [4.69, 9.17) is 9.47 Å². The van der Waals surface area contributed by atoms with Gasteiger partial charge in [0.2, 0.25) is 0 Å². The number of esters is 2. The molecule has 0 saturated heterocycles. The molecule has 5 aromatic carbocycles. The number of ether oxygens (including phenoxy) is 2. The zero-order valence-corrected chi connectivity index (χ0v) is 27.3. The van der Waals surface area contributed by atoms with Crippen LogP contribution in [0.2, 0.25) is 0 Å². The van der Waals surface area contributed by atoms with E-state index in [0.29, 0.717) is 0 Å². The van der Waals surface area contributed by atoms with Crippen LogP contribution in [0.25, 0.3) is 0 Å². The van der Waals surface area contributed by atoms with E-state index < -0.39 is 36.1 Å². The molecule has 0 radical (unpaired) electrons. The fourth-order valence-corrected chi connectivity index (χ4v) is 5.08. The van der Waals surface area contributed by atoms with Crippen LogP contribution in [0.5, 0.6) is 0 Å². The van der Waals surface area contributed by atoms with E-state index in [0.717, 1.165) is 22.3 Å². The van der Waals surface area contributed by atoms with Gasteiger partial charge in [-0.1, -0.05) is 133 Å². The van der Waals surface area contributed by atoms with Gasteiger partial charge >= 0.3 is 24.0 Å². The summed E-state index contributed by atoms with van der Waals surface area (Å²) in [6.45, 7) is 0.113. The van der Waals surface area contributed by atoms with Crippen LogP contribution in [0, 0.1) is 0 Å². The van der Waals surface area contributed by atoms with Crippen molar-refractivity contribution in [2.45, 2.75) is 38.1 Å². The Bertz CT molecular complexity index is 1700. The first-order chi connectivity index (χ1) is 24.4. The van der Waals surface area contributed by atoms with Crippen molar-refractivity contribution in [2.24, 2.45) is 0 Å². The minimum Gasteiger partial charge on any atom is -0.459 e. The fraction of sp³-hybridized carbons (Fsp3) is 0.150.